The number of halogens is 1. The smallest absolute Gasteiger partial charge is 0.345 e. The first-order chi connectivity index (χ1) is 11.0. The minimum absolute atomic E-state index is 0.0437. The van der Waals surface area contributed by atoms with Crippen LogP contribution in [-0.4, -0.2) is 15.9 Å². The highest BCUT2D eigenvalue weighted by molar-refractivity contribution is 7.18. The number of thiazole rings is 1. The van der Waals surface area contributed by atoms with Crippen molar-refractivity contribution in [3.05, 3.63) is 68.2 Å². The average Bonchev–Trinajstić information content (AvgIpc) is 2.95. The molecule has 0 bridgehead atoms. The lowest BCUT2D eigenvalue weighted by Crippen LogP contribution is -2.08. The standard InChI is InChI=1S/C15H9ClN2O4S/c16-9-5-6-10(12(7-9)18(20)21)15(19)22-8-14-17-11-3-1-2-4-13(11)23-14/h1-7H,8H2. The van der Waals surface area contributed by atoms with Crippen LogP contribution in [0.4, 0.5) is 5.69 Å². The monoisotopic (exact) mass is 348 g/mol. The molecule has 0 saturated carbocycles. The zero-order valence-electron chi connectivity index (χ0n) is 11.6. The van der Waals surface area contributed by atoms with Crippen molar-refractivity contribution in [3.8, 4) is 0 Å². The summed E-state index contributed by atoms with van der Waals surface area (Å²) in [6.07, 6.45) is 0. The molecule has 0 spiro atoms. The van der Waals surface area contributed by atoms with E-state index < -0.39 is 10.9 Å². The SMILES string of the molecule is O=C(OCc1nc2ccccc2s1)c1ccc(Cl)cc1[N+](=O)[O-]. The molecule has 0 unspecified atom stereocenters. The molecule has 8 heteroatoms. The lowest BCUT2D eigenvalue weighted by molar-refractivity contribution is -0.385. The Balaban J connectivity index is 1.78. The molecule has 1 heterocycles. The van der Waals surface area contributed by atoms with Crippen LogP contribution in [0.1, 0.15) is 15.4 Å². The van der Waals surface area contributed by atoms with Crippen LogP contribution >= 0.6 is 22.9 Å². The molecule has 2 aromatic carbocycles. The molecule has 1 aromatic heterocycles. The molecule has 23 heavy (non-hydrogen) atoms. The van der Waals surface area contributed by atoms with Gasteiger partial charge in [0, 0.05) is 11.1 Å². The van der Waals surface area contributed by atoms with E-state index in [0.29, 0.717) is 5.01 Å². The van der Waals surface area contributed by atoms with Crippen molar-refractivity contribution in [2.45, 2.75) is 6.61 Å². The molecule has 0 aliphatic rings. The number of carbonyl (C=O) groups excluding carboxylic acids is 1. The number of ether oxygens (including phenoxy) is 1. The number of fused-ring (bicyclic) bond motifs is 1. The Morgan fingerprint density at radius 3 is 2.83 bits per heavy atom. The highest BCUT2D eigenvalue weighted by atomic mass is 35.5. The molecular formula is C15H9ClN2O4S. The van der Waals surface area contributed by atoms with Gasteiger partial charge in [-0.2, -0.15) is 0 Å². The van der Waals surface area contributed by atoms with Crippen molar-refractivity contribution < 1.29 is 14.5 Å². The quantitative estimate of drug-likeness (QED) is 0.400. The fraction of sp³-hybridized carbons (Fsp3) is 0.0667. The van der Waals surface area contributed by atoms with Crippen LogP contribution in [0.15, 0.2) is 42.5 Å². The molecule has 0 radical (unpaired) electrons. The summed E-state index contributed by atoms with van der Waals surface area (Å²) in [5.41, 5.74) is 0.299. The molecule has 0 saturated heterocycles. The molecule has 0 aliphatic heterocycles. The lowest BCUT2D eigenvalue weighted by atomic mass is 10.2. The van der Waals surface area contributed by atoms with Crippen molar-refractivity contribution in [3.63, 3.8) is 0 Å². The summed E-state index contributed by atoms with van der Waals surface area (Å²) in [5, 5.41) is 11.8. The lowest BCUT2D eigenvalue weighted by Gasteiger charge is -2.04. The van der Waals surface area contributed by atoms with Gasteiger partial charge in [-0.3, -0.25) is 10.1 Å². The minimum Gasteiger partial charge on any atom is -0.455 e. The Labute approximate surface area is 139 Å². The maximum atomic E-state index is 12.1. The van der Waals surface area contributed by atoms with Crippen LogP contribution in [0.25, 0.3) is 10.2 Å². The van der Waals surface area contributed by atoms with E-state index in [1.54, 1.807) is 0 Å². The summed E-state index contributed by atoms with van der Waals surface area (Å²) in [6.45, 7) is -0.0437. The predicted octanol–water partition coefficient (Wildman–Crippen LogP) is 4.21. The Morgan fingerprint density at radius 1 is 1.30 bits per heavy atom. The van der Waals surface area contributed by atoms with Crippen molar-refractivity contribution in [1.82, 2.24) is 4.98 Å². The summed E-state index contributed by atoms with van der Waals surface area (Å²) < 4.78 is 6.12. The molecule has 0 amide bonds. The summed E-state index contributed by atoms with van der Waals surface area (Å²) >= 11 is 7.12. The number of rotatable bonds is 4. The average molecular weight is 349 g/mol. The van der Waals surface area contributed by atoms with Gasteiger partial charge < -0.3 is 4.74 Å². The van der Waals surface area contributed by atoms with Crippen LogP contribution < -0.4 is 0 Å². The molecule has 0 N–H and O–H groups in total. The highest BCUT2D eigenvalue weighted by Crippen LogP contribution is 2.25. The normalized spacial score (nSPS) is 10.7. The van der Waals surface area contributed by atoms with E-state index in [1.807, 2.05) is 24.3 Å². The second-order valence-corrected chi connectivity index (χ2v) is 6.12. The van der Waals surface area contributed by atoms with Crippen molar-refractivity contribution in [1.29, 1.82) is 0 Å². The molecule has 3 aromatic rings. The van der Waals surface area contributed by atoms with Crippen LogP contribution in [-0.2, 0) is 11.3 Å². The van der Waals surface area contributed by atoms with E-state index in [2.05, 4.69) is 4.98 Å². The fourth-order valence-corrected chi connectivity index (χ4v) is 3.06. The number of nitro groups is 1. The van der Waals surface area contributed by atoms with Gasteiger partial charge in [-0.1, -0.05) is 23.7 Å². The molecular weight excluding hydrogens is 340 g/mol. The number of aromatic nitrogens is 1. The Morgan fingerprint density at radius 2 is 2.09 bits per heavy atom. The van der Waals surface area contributed by atoms with Crippen LogP contribution in [0, 0.1) is 10.1 Å². The van der Waals surface area contributed by atoms with Crippen molar-refractivity contribution >= 4 is 44.8 Å². The maximum Gasteiger partial charge on any atom is 0.345 e. The minimum atomic E-state index is -0.785. The number of nitro benzene ring substituents is 1. The molecule has 3 rings (SSSR count). The largest absolute Gasteiger partial charge is 0.455 e. The van der Waals surface area contributed by atoms with Gasteiger partial charge in [0.1, 0.15) is 17.2 Å². The van der Waals surface area contributed by atoms with E-state index in [1.165, 1.54) is 23.5 Å². The van der Waals surface area contributed by atoms with E-state index in [-0.39, 0.29) is 22.9 Å². The highest BCUT2D eigenvalue weighted by Gasteiger charge is 2.22. The van der Waals surface area contributed by atoms with Gasteiger partial charge in [0.15, 0.2) is 0 Å². The van der Waals surface area contributed by atoms with E-state index in [4.69, 9.17) is 16.3 Å². The first-order valence-electron chi connectivity index (χ1n) is 6.50. The van der Waals surface area contributed by atoms with Gasteiger partial charge in [-0.25, -0.2) is 9.78 Å². The second kappa shape index (κ2) is 6.31. The molecule has 0 aliphatic carbocycles. The number of hydrogen-bond acceptors (Lipinski definition) is 6. The van der Waals surface area contributed by atoms with Crippen molar-refractivity contribution in [2.75, 3.05) is 0 Å². The molecule has 6 nitrogen and oxygen atoms in total. The maximum absolute atomic E-state index is 12.1. The topological polar surface area (TPSA) is 82.3 Å². The fourth-order valence-electron chi connectivity index (χ4n) is 2.02. The van der Waals surface area contributed by atoms with Crippen molar-refractivity contribution in [2.24, 2.45) is 0 Å². The number of carbonyl (C=O) groups is 1. The number of esters is 1. The third kappa shape index (κ3) is 3.30. The zero-order chi connectivity index (χ0) is 16.4. The number of hydrogen-bond donors (Lipinski definition) is 0. The Bertz CT molecular complexity index is 876. The zero-order valence-corrected chi connectivity index (χ0v) is 13.1. The van der Waals surface area contributed by atoms with Gasteiger partial charge in [-0.05, 0) is 24.3 Å². The first kappa shape index (κ1) is 15.4. The van der Waals surface area contributed by atoms with Crippen LogP contribution in [0.3, 0.4) is 0 Å². The Hall–Kier alpha value is -2.51. The van der Waals surface area contributed by atoms with Crippen LogP contribution in [0.2, 0.25) is 5.02 Å². The third-order valence-corrected chi connectivity index (χ3v) is 4.29. The summed E-state index contributed by atoms with van der Waals surface area (Å²) in [7, 11) is 0. The van der Waals surface area contributed by atoms with E-state index >= 15 is 0 Å². The van der Waals surface area contributed by atoms with Gasteiger partial charge in [0.05, 0.1) is 15.1 Å². The third-order valence-electron chi connectivity index (χ3n) is 3.04. The van der Waals surface area contributed by atoms with Gasteiger partial charge in [-0.15, -0.1) is 11.3 Å². The summed E-state index contributed by atoms with van der Waals surface area (Å²) in [4.78, 5) is 26.7. The van der Waals surface area contributed by atoms with Gasteiger partial charge in [0.25, 0.3) is 5.69 Å². The summed E-state index contributed by atoms with van der Waals surface area (Å²) in [6, 6.07) is 11.4. The number of benzene rings is 2. The summed E-state index contributed by atoms with van der Waals surface area (Å²) in [5.74, 6) is -0.785. The molecule has 116 valence electrons. The van der Waals surface area contributed by atoms with Crippen LogP contribution in [0.5, 0.6) is 0 Å². The van der Waals surface area contributed by atoms with E-state index in [0.717, 1.165) is 16.3 Å². The van der Waals surface area contributed by atoms with Gasteiger partial charge >= 0.3 is 5.97 Å². The van der Waals surface area contributed by atoms with E-state index in [9.17, 15) is 14.9 Å². The predicted molar refractivity (Wildman–Crippen MR) is 86.8 cm³/mol. The number of para-hydroxylation sites is 1. The number of nitrogens with zero attached hydrogens (tertiary/aromatic N) is 2. The molecule has 0 atom stereocenters. The first-order valence-corrected chi connectivity index (χ1v) is 7.69. The molecule has 0 fully saturated rings. The second-order valence-electron chi connectivity index (χ2n) is 4.57. The van der Waals surface area contributed by atoms with Gasteiger partial charge in [0.2, 0.25) is 0 Å². The Kier molecular flexibility index (Phi) is 4.22.